The Hall–Kier alpha value is -2.24. The van der Waals surface area contributed by atoms with E-state index >= 15 is 0 Å². The van der Waals surface area contributed by atoms with E-state index in [-0.39, 0.29) is 16.3 Å². The van der Waals surface area contributed by atoms with Crippen LogP contribution in [0.3, 0.4) is 0 Å². The Morgan fingerprint density at radius 3 is 2.17 bits per heavy atom. The molecule has 0 spiro atoms. The van der Waals surface area contributed by atoms with Crippen molar-refractivity contribution in [2.24, 2.45) is 0 Å². The Balaban J connectivity index is 2.31. The van der Waals surface area contributed by atoms with E-state index in [1.165, 1.54) is 18.2 Å². The predicted molar refractivity (Wildman–Crippen MR) is 75.4 cm³/mol. The highest BCUT2D eigenvalue weighted by molar-refractivity contribution is 7.87. The van der Waals surface area contributed by atoms with Gasteiger partial charge in [0, 0.05) is 0 Å². The van der Waals surface area contributed by atoms with Crippen LogP contribution in [-0.4, -0.2) is 8.42 Å². The fraction of sp³-hybridized carbons (Fsp3) is 0.0714. The van der Waals surface area contributed by atoms with Crippen molar-refractivity contribution in [3.63, 3.8) is 0 Å². The molecule has 2 aromatic rings. The van der Waals surface area contributed by atoms with Gasteiger partial charge in [-0.15, -0.1) is 0 Å². The Labute approximate surface area is 134 Å². The van der Waals surface area contributed by atoms with Crippen molar-refractivity contribution in [1.82, 2.24) is 0 Å². The second-order valence-corrected chi connectivity index (χ2v) is 6.27. The van der Waals surface area contributed by atoms with Gasteiger partial charge in [-0.1, -0.05) is 11.6 Å². The molecule has 0 aliphatic rings. The number of hydrogen-bond acceptors (Lipinski definition) is 4. The van der Waals surface area contributed by atoms with Crippen LogP contribution in [0.15, 0.2) is 47.4 Å². The van der Waals surface area contributed by atoms with E-state index in [1.807, 2.05) is 6.07 Å². The van der Waals surface area contributed by atoms with Crippen molar-refractivity contribution in [3.05, 3.63) is 58.6 Å². The molecule has 2 aromatic carbocycles. The van der Waals surface area contributed by atoms with Crippen LogP contribution in [0.2, 0.25) is 5.02 Å². The van der Waals surface area contributed by atoms with E-state index in [1.54, 1.807) is 0 Å². The average Bonchev–Trinajstić information content (AvgIpc) is 2.48. The van der Waals surface area contributed by atoms with Gasteiger partial charge >= 0.3 is 16.3 Å². The van der Waals surface area contributed by atoms with E-state index < -0.39 is 26.8 Å². The summed E-state index contributed by atoms with van der Waals surface area (Å²) in [6.07, 6.45) is -4.57. The quantitative estimate of drug-likeness (QED) is 0.775. The number of nitrogens with zero attached hydrogens (tertiary/aromatic N) is 1. The molecule has 0 atom stereocenters. The molecule has 0 fully saturated rings. The van der Waals surface area contributed by atoms with E-state index in [0.717, 1.165) is 12.1 Å². The molecule has 0 saturated carbocycles. The molecule has 0 unspecified atom stereocenters. The predicted octanol–water partition coefficient (Wildman–Crippen LogP) is 4.00. The van der Waals surface area contributed by atoms with Crippen molar-refractivity contribution >= 4 is 21.7 Å². The van der Waals surface area contributed by atoms with Crippen LogP contribution in [0.1, 0.15) is 11.1 Å². The zero-order valence-electron chi connectivity index (χ0n) is 11.1. The summed E-state index contributed by atoms with van der Waals surface area (Å²) in [6.45, 7) is 0. The third-order valence-corrected chi connectivity index (χ3v) is 4.27. The van der Waals surface area contributed by atoms with E-state index in [9.17, 15) is 21.6 Å². The minimum Gasteiger partial charge on any atom is -0.377 e. The number of benzene rings is 2. The smallest absolute Gasteiger partial charge is 0.377 e. The molecule has 0 heterocycles. The summed E-state index contributed by atoms with van der Waals surface area (Å²) < 4.78 is 66.3. The molecule has 0 radical (unpaired) electrons. The summed E-state index contributed by atoms with van der Waals surface area (Å²) in [7, 11) is -4.35. The topological polar surface area (TPSA) is 67.2 Å². The first-order chi connectivity index (χ1) is 10.6. The van der Waals surface area contributed by atoms with Gasteiger partial charge in [0.1, 0.15) is 4.90 Å². The molecule has 9 heteroatoms. The lowest BCUT2D eigenvalue weighted by Gasteiger charge is -2.10. The largest absolute Gasteiger partial charge is 0.416 e. The summed E-state index contributed by atoms with van der Waals surface area (Å²) in [5, 5.41) is 8.58. The Bertz CT molecular complexity index is 872. The lowest BCUT2D eigenvalue weighted by molar-refractivity contribution is -0.137. The SMILES string of the molecule is N#Cc1ccc(OS(=O)(=O)c2ccc(C(F)(F)F)cc2)c(Cl)c1. The van der Waals surface area contributed by atoms with Crippen molar-refractivity contribution in [2.75, 3.05) is 0 Å². The standard InChI is InChI=1S/C14H7ClF3NO3S/c15-12-7-9(8-19)1-6-13(12)22-23(20,21)11-4-2-10(3-5-11)14(16,17)18/h1-7H. The fourth-order valence-electron chi connectivity index (χ4n) is 1.61. The number of hydrogen-bond donors (Lipinski definition) is 0. The van der Waals surface area contributed by atoms with Crippen LogP contribution in [0.4, 0.5) is 13.2 Å². The van der Waals surface area contributed by atoms with Gasteiger partial charge in [0.25, 0.3) is 0 Å². The molecule has 2 rings (SSSR count). The average molecular weight is 362 g/mol. The first-order valence-corrected chi connectivity index (χ1v) is 7.73. The second kappa shape index (κ2) is 6.10. The molecule has 0 bridgehead atoms. The van der Waals surface area contributed by atoms with Crippen LogP contribution in [0.5, 0.6) is 5.75 Å². The molecule has 0 aliphatic heterocycles. The molecule has 0 aromatic heterocycles. The number of alkyl halides is 3. The normalized spacial score (nSPS) is 11.8. The molecule has 120 valence electrons. The molecule has 4 nitrogen and oxygen atoms in total. The lowest BCUT2D eigenvalue weighted by Crippen LogP contribution is -2.11. The maximum atomic E-state index is 12.5. The third-order valence-electron chi connectivity index (χ3n) is 2.73. The van der Waals surface area contributed by atoms with Crippen molar-refractivity contribution in [1.29, 1.82) is 5.26 Å². The van der Waals surface area contributed by atoms with Crippen molar-refractivity contribution < 1.29 is 25.8 Å². The summed E-state index contributed by atoms with van der Waals surface area (Å²) in [5.41, 5.74) is -0.776. The van der Waals surface area contributed by atoms with Gasteiger partial charge in [0.2, 0.25) is 0 Å². The number of nitriles is 1. The maximum absolute atomic E-state index is 12.5. The van der Waals surface area contributed by atoms with Gasteiger partial charge in [-0.2, -0.15) is 26.9 Å². The first-order valence-electron chi connectivity index (χ1n) is 5.95. The van der Waals surface area contributed by atoms with Gasteiger partial charge in [-0.05, 0) is 42.5 Å². The highest BCUT2D eigenvalue weighted by Crippen LogP contribution is 2.31. The second-order valence-electron chi connectivity index (χ2n) is 4.32. The first kappa shape index (κ1) is 17.1. The molecule has 0 amide bonds. The summed E-state index contributed by atoms with van der Waals surface area (Å²) in [6, 6.07) is 8.35. The zero-order valence-corrected chi connectivity index (χ0v) is 12.7. The third kappa shape index (κ3) is 3.94. The van der Waals surface area contributed by atoms with Crippen LogP contribution in [0, 0.1) is 11.3 Å². The van der Waals surface area contributed by atoms with Gasteiger partial charge < -0.3 is 4.18 Å². The minimum atomic E-state index is -4.57. The Kier molecular flexibility index (Phi) is 4.54. The van der Waals surface area contributed by atoms with Gasteiger partial charge in [0.15, 0.2) is 5.75 Å². The van der Waals surface area contributed by atoms with Gasteiger partial charge in [-0.25, -0.2) is 0 Å². The zero-order chi connectivity index (χ0) is 17.3. The Morgan fingerprint density at radius 2 is 1.70 bits per heavy atom. The molecule has 0 N–H and O–H groups in total. The van der Waals surface area contributed by atoms with E-state index in [4.69, 9.17) is 21.0 Å². The van der Waals surface area contributed by atoms with Crippen molar-refractivity contribution in [2.45, 2.75) is 11.1 Å². The molecular weight excluding hydrogens is 355 g/mol. The lowest BCUT2D eigenvalue weighted by atomic mass is 10.2. The minimum absolute atomic E-state index is 0.112. The van der Waals surface area contributed by atoms with Crippen molar-refractivity contribution in [3.8, 4) is 11.8 Å². The van der Waals surface area contributed by atoms with E-state index in [2.05, 4.69) is 0 Å². The monoisotopic (exact) mass is 361 g/mol. The number of halogens is 4. The molecule has 0 aliphatic carbocycles. The fourth-order valence-corrected chi connectivity index (χ4v) is 2.83. The van der Waals surface area contributed by atoms with Crippen LogP contribution < -0.4 is 4.18 Å². The van der Waals surface area contributed by atoms with E-state index in [0.29, 0.717) is 12.1 Å². The maximum Gasteiger partial charge on any atom is 0.416 e. The summed E-state index contributed by atoms with van der Waals surface area (Å²) >= 11 is 5.80. The van der Waals surface area contributed by atoms with Crippen LogP contribution in [-0.2, 0) is 16.3 Å². The summed E-state index contributed by atoms with van der Waals surface area (Å²) in [4.78, 5) is -0.453. The summed E-state index contributed by atoms with van der Waals surface area (Å²) in [5.74, 6) is -0.231. The van der Waals surface area contributed by atoms with Gasteiger partial charge in [-0.3, -0.25) is 0 Å². The number of rotatable bonds is 3. The Morgan fingerprint density at radius 1 is 1.09 bits per heavy atom. The molecule has 23 heavy (non-hydrogen) atoms. The van der Waals surface area contributed by atoms with Crippen LogP contribution in [0.25, 0.3) is 0 Å². The highest BCUT2D eigenvalue weighted by atomic mass is 35.5. The molecular formula is C14H7ClF3NO3S. The molecule has 0 saturated heterocycles. The van der Waals surface area contributed by atoms with Crippen LogP contribution >= 0.6 is 11.6 Å². The highest BCUT2D eigenvalue weighted by Gasteiger charge is 2.31. The van der Waals surface area contributed by atoms with Gasteiger partial charge in [0.05, 0.1) is 22.2 Å².